The van der Waals surface area contributed by atoms with Gasteiger partial charge in [0, 0.05) is 6.54 Å². The number of hydrazine groups is 1. The zero-order chi connectivity index (χ0) is 6.36. The third kappa shape index (κ3) is 3.46. The summed E-state index contributed by atoms with van der Waals surface area (Å²) in [5.41, 5.74) is 5.63. The van der Waals surface area contributed by atoms with Crippen LogP contribution < -0.4 is 11.0 Å². The van der Waals surface area contributed by atoms with Gasteiger partial charge in [-0.2, -0.15) is 0 Å². The maximum atomic E-state index is 4.99. The quantitative estimate of drug-likeness (QED) is 0.503. The lowest BCUT2D eigenvalue weighted by Gasteiger charge is -2.02. The molecule has 0 aliphatic carbocycles. The molecule has 54 valence electrons. The molecule has 1 aliphatic rings. The predicted octanol–water partition coefficient (Wildman–Crippen LogP) is 0.586. The van der Waals surface area contributed by atoms with Crippen molar-refractivity contribution in [2.75, 3.05) is 13.2 Å². The van der Waals surface area contributed by atoms with Crippen LogP contribution in [0.2, 0.25) is 0 Å². The van der Waals surface area contributed by atoms with Crippen LogP contribution in [-0.2, 0) is 4.84 Å². The molecule has 2 N–H and O–H groups in total. The molecule has 0 unspecified atom stereocenters. The molecule has 3 nitrogen and oxygen atoms in total. The summed E-state index contributed by atoms with van der Waals surface area (Å²) in [5.74, 6) is 0. The fourth-order valence-electron chi connectivity index (χ4n) is 0.894. The summed E-state index contributed by atoms with van der Waals surface area (Å²) in [6.07, 6.45) is 5.03. The number of hydrogen-bond acceptors (Lipinski definition) is 3. The van der Waals surface area contributed by atoms with Gasteiger partial charge >= 0.3 is 0 Å². The van der Waals surface area contributed by atoms with E-state index < -0.39 is 0 Å². The predicted molar refractivity (Wildman–Crippen MR) is 35.6 cm³/mol. The number of nitrogens with one attached hydrogen (secondary N) is 2. The Hall–Kier alpha value is -0.120. The van der Waals surface area contributed by atoms with Crippen molar-refractivity contribution in [1.82, 2.24) is 11.0 Å². The van der Waals surface area contributed by atoms with Crippen molar-refractivity contribution in [1.29, 1.82) is 0 Å². The first-order chi connectivity index (χ1) is 4.50. The lowest BCUT2D eigenvalue weighted by molar-refractivity contribution is 0.0124. The lowest BCUT2D eigenvalue weighted by atomic mass is 10.2. The lowest BCUT2D eigenvalue weighted by Crippen LogP contribution is -2.32. The van der Waals surface area contributed by atoms with Gasteiger partial charge in [-0.1, -0.05) is 12.8 Å². The molecule has 0 aromatic carbocycles. The second-order valence-electron chi connectivity index (χ2n) is 2.29. The first-order valence-corrected chi connectivity index (χ1v) is 3.60. The highest BCUT2D eigenvalue weighted by Gasteiger charge is 1.93. The molecule has 1 heterocycles. The molecule has 0 saturated carbocycles. The van der Waals surface area contributed by atoms with Crippen LogP contribution in [-0.4, -0.2) is 13.2 Å². The molecule has 1 aliphatic heterocycles. The molecule has 9 heavy (non-hydrogen) atoms. The summed E-state index contributed by atoms with van der Waals surface area (Å²) in [5, 5.41) is 0. The summed E-state index contributed by atoms with van der Waals surface area (Å²) in [4.78, 5) is 4.99. The average Bonchev–Trinajstić information content (AvgIpc) is 2.00. The van der Waals surface area contributed by atoms with E-state index in [2.05, 4.69) is 11.0 Å². The summed E-state index contributed by atoms with van der Waals surface area (Å²) in [6, 6.07) is 0. The van der Waals surface area contributed by atoms with E-state index >= 15 is 0 Å². The van der Waals surface area contributed by atoms with Gasteiger partial charge in [0.15, 0.2) is 0 Å². The molecule has 0 aromatic rings. The van der Waals surface area contributed by atoms with Gasteiger partial charge in [0.25, 0.3) is 0 Å². The van der Waals surface area contributed by atoms with Crippen molar-refractivity contribution in [2.24, 2.45) is 0 Å². The van der Waals surface area contributed by atoms with Gasteiger partial charge in [0.2, 0.25) is 0 Å². The van der Waals surface area contributed by atoms with Crippen LogP contribution >= 0.6 is 0 Å². The number of rotatable bonds is 0. The third-order valence-electron chi connectivity index (χ3n) is 1.44. The van der Waals surface area contributed by atoms with Gasteiger partial charge in [-0.3, -0.25) is 4.84 Å². The van der Waals surface area contributed by atoms with Crippen molar-refractivity contribution >= 4 is 0 Å². The highest BCUT2D eigenvalue weighted by atomic mass is 16.7. The first-order valence-electron chi connectivity index (χ1n) is 3.60. The van der Waals surface area contributed by atoms with Crippen molar-refractivity contribution < 1.29 is 4.84 Å². The van der Waals surface area contributed by atoms with E-state index in [1.807, 2.05) is 0 Å². The van der Waals surface area contributed by atoms with Crippen LogP contribution in [0.1, 0.15) is 25.7 Å². The van der Waals surface area contributed by atoms with E-state index in [0.29, 0.717) is 0 Å². The zero-order valence-electron chi connectivity index (χ0n) is 5.65. The fraction of sp³-hybridized carbons (Fsp3) is 1.00. The van der Waals surface area contributed by atoms with Crippen LogP contribution in [0, 0.1) is 0 Å². The standard InChI is InChI=1S/C6H14N2O/c1-2-4-6-9-8-7-5-3-1/h7-8H,1-6H2. The highest BCUT2D eigenvalue weighted by molar-refractivity contribution is 4.45. The van der Waals surface area contributed by atoms with Crippen LogP contribution in [0.25, 0.3) is 0 Å². The molecular formula is C6H14N2O. The smallest absolute Gasteiger partial charge is 0.0698 e. The SMILES string of the molecule is C1CCCONNCC1. The van der Waals surface area contributed by atoms with Crippen LogP contribution in [0.5, 0.6) is 0 Å². The Bertz CT molecular complexity index is 39.5. The molecular weight excluding hydrogens is 116 g/mol. The second-order valence-corrected chi connectivity index (χ2v) is 2.29. The van der Waals surface area contributed by atoms with Crippen molar-refractivity contribution in [3.63, 3.8) is 0 Å². The van der Waals surface area contributed by atoms with Gasteiger partial charge < -0.3 is 0 Å². The molecule has 0 radical (unpaired) electrons. The van der Waals surface area contributed by atoms with Crippen molar-refractivity contribution in [3.05, 3.63) is 0 Å². The van der Waals surface area contributed by atoms with E-state index in [0.717, 1.165) is 13.2 Å². The topological polar surface area (TPSA) is 33.3 Å². The van der Waals surface area contributed by atoms with Gasteiger partial charge in [-0.15, -0.1) is 5.59 Å². The van der Waals surface area contributed by atoms with Crippen LogP contribution in [0.15, 0.2) is 0 Å². The zero-order valence-corrected chi connectivity index (χ0v) is 5.65. The minimum Gasteiger partial charge on any atom is -0.287 e. The van der Waals surface area contributed by atoms with E-state index in [-0.39, 0.29) is 0 Å². The van der Waals surface area contributed by atoms with Crippen LogP contribution in [0.3, 0.4) is 0 Å². The maximum absolute atomic E-state index is 4.99. The summed E-state index contributed by atoms with van der Waals surface area (Å²) in [6.45, 7) is 1.84. The minimum absolute atomic E-state index is 0.826. The molecule has 1 fully saturated rings. The average molecular weight is 130 g/mol. The van der Waals surface area contributed by atoms with E-state index in [1.165, 1.54) is 25.7 Å². The summed E-state index contributed by atoms with van der Waals surface area (Å²) >= 11 is 0. The summed E-state index contributed by atoms with van der Waals surface area (Å²) in [7, 11) is 0. The second kappa shape index (κ2) is 4.73. The molecule has 0 spiro atoms. The van der Waals surface area contributed by atoms with Crippen LogP contribution in [0.4, 0.5) is 0 Å². The number of hydrogen-bond donors (Lipinski definition) is 2. The van der Waals surface area contributed by atoms with Gasteiger partial charge in [0.1, 0.15) is 0 Å². The molecule has 1 rings (SSSR count). The maximum Gasteiger partial charge on any atom is 0.0698 e. The van der Waals surface area contributed by atoms with Crippen molar-refractivity contribution in [2.45, 2.75) is 25.7 Å². The molecule has 3 heteroatoms. The Labute approximate surface area is 55.7 Å². The van der Waals surface area contributed by atoms with E-state index in [4.69, 9.17) is 4.84 Å². The third-order valence-corrected chi connectivity index (χ3v) is 1.44. The van der Waals surface area contributed by atoms with E-state index in [1.54, 1.807) is 0 Å². The molecule has 0 amide bonds. The Morgan fingerprint density at radius 3 is 2.89 bits per heavy atom. The van der Waals surface area contributed by atoms with E-state index in [9.17, 15) is 0 Å². The largest absolute Gasteiger partial charge is 0.287 e. The van der Waals surface area contributed by atoms with Gasteiger partial charge in [-0.05, 0) is 12.8 Å². The molecule has 0 aromatic heterocycles. The summed E-state index contributed by atoms with van der Waals surface area (Å²) < 4.78 is 0. The Morgan fingerprint density at radius 1 is 1.00 bits per heavy atom. The monoisotopic (exact) mass is 130 g/mol. The Morgan fingerprint density at radius 2 is 1.89 bits per heavy atom. The van der Waals surface area contributed by atoms with Crippen molar-refractivity contribution in [3.8, 4) is 0 Å². The van der Waals surface area contributed by atoms with Gasteiger partial charge in [-0.25, -0.2) is 5.43 Å². The fourth-order valence-corrected chi connectivity index (χ4v) is 0.894. The highest BCUT2D eigenvalue weighted by Crippen LogP contribution is 1.99. The minimum atomic E-state index is 0.826. The van der Waals surface area contributed by atoms with Gasteiger partial charge in [0.05, 0.1) is 6.61 Å². The molecule has 0 bridgehead atoms. The Balaban J connectivity index is 2.02. The normalized spacial score (nSPS) is 24.0. The molecule has 0 atom stereocenters. The molecule has 1 saturated heterocycles. The first kappa shape index (κ1) is 6.99. The Kier molecular flexibility index (Phi) is 3.68.